The zero-order chi connectivity index (χ0) is 9.97. The first-order valence-electron chi connectivity index (χ1n) is 3.90. The normalized spacial score (nSPS) is 10.0. The van der Waals surface area contributed by atoms with Crippen molar-refractivity contribution in [1.82, 2.24) is 8.75 Å². The summed E-state index contributed by atoms with van der Waals surface area (Å²) >= 11 is 0.909. The molecule has 0 saturated carbocycles. The molecule has 0 fully saturated rings. The Balaban J connectivity index is 2.52. The molecule has 2 rings (SSSR count). The molecule has 0 amide bonds. The molecule has 0 spiro atoms. The van der Waals surface area contributed by atoms with Crippen LogP contribution >= 0.6 is 11.7 Å². The number of benzene rings is 1. The Morgan fingerprint density at radius 3 is 2.57 bits per heavy atom. The van der Waals surface area contributed by atoms with Crippen LogP contribution in [-0.2, 0) is 0 Å². The Labute approximate surface area is 84.2 Å². The standard InChI is InChI=1S/C9H6N2O2S/c12-9(13)8-7(10-14-11-8)6-4-2-1-3-5-6/h1-5H,(H,12,13). The summed E-state index contributed by atoms with van der Waals surface area (Å²) in [7, 11) is 0. The molecule has 0 saturated heterocycles. The number of hydrogen-bond acceptors (Lipinski definition) is 4. The summed E-state index contributed by atoms with van der Waals surface area (Å²) < 4.78 is 7.68. The molecule has 0 aliphatic carbocycles. The van der Waals surface area contributed by atoms with Crippen molar-refractivity contribution in [2.75, 3.05) is 0 Å². The molecule has 70 valence electrons. The number of carbonyl (C=O) groups is 1. The maximum atomic E-state index is 10.8. The van der Waals surface area contributed by atoms with Crippen LogP contribution in [0.5, 0.6) is 0 Å². The second-order valence-electron chi connectivity index (χ2n) is 2.63. The third-order valence-corrected chi connectivity index (χ3v) is 2.27. The Bertz CT molecular complexity index is 453. The van der Waals surface area contributed by atoms with E-state index >= 15 is 0 Å². The van der Waals surface area contributed by atoms with E-state index in [1.807, 2.05) is 30.3 Å². The zero-order valence-electron chi connectivity index (χ0n) is 7.04. The molecule has 0 bridgehead atoms. The fraction of sp³-hybridized carbons (Fsp3) is 0. The van der Waals surface area contributed by atoms with Crippen molar-refractivity contribution in [3.63, 3.8) is 0 Å². The number of carboxylic acid groups (broad SMARTS) is 1. The van der Waals surface area contributed by atoms with Gasteiger partial charge in [-0.2, -0.15) is 8.75 Å². The summed E-state index contributed by atoms with van der Waals surface area (Å²) in [4.78, 5) is 10.8. The predicted octanol–water partition coefficient (Wildman–Crippen LogP) is 1.90. The average Bonchev–Trinajstić information content (AvgIpc) is 2.67. The first-order chi connectivity index (χ1) is 6.79. The van der Waals surface area contributed by atoms with Gasteiger partial charge in [0.15, 0.2) is 5.69 Å². The molecular weight excluding hydrogens is 200 g/mol. The molecule has 1 N–H and O–H groups in total. The van der Waals surface area contributed by atoms with Gasteiger partial charge in [0.1, 0.15) is 5.69 Å². The van der Waals surface area contributed by atoms with Crippen molar-refractivity contribution in [2.45, 2.75) is 0 Å². The van der Waals surface area contributed by atoms with E-state index in [4.69, 9.17) is 5.11 Å². The van der Waals surface area contributed by atoms with E-state index in [-0.39, 0.29) is 5.69 Å². The molecule has 1 aromatic heterocycles. The van der Waals surface area contributed by atoms with Crippen LogP contribution in [0.15, 0.2) is 30.3 Å². The summed E-state index contributed by atoms with van der Waals surface area (Å²) in [5.74, 6) is -1.04. The molecule has 1 heterocycles. The second-order valence-corrected chi connectivity index (χ2v) is 3.16. The molecule has 14 heavy (non-hydrogen) atoms. The molecule has 0 atom stereocenters. The second kappa shape index (κ2) is 3.55. The molecule has 0 aliphatic heterocycles. The van der Waals surface area contributed by atoms with Crippen molar-refractivity contribution < 1.29 is 9.90 Å². The number of rotatable bonds is 2. The van der Waals surface area contributed by atoms with E-state index in [0.717, 1.165) is 17.3 Å². The van der Waals surface area contributed by atoms with Crippen LogP contribution in [0.2, 0.25) is 0 Å². The summed E-state index contributed by atoms with van der Waals surface area (Å²) in [5, 5.41) is 8.82. The largest absolute Gasteiger partial charge is 0.476 e. The van der Waals surface area contributed by atoms with Gasteiger partial charge in [-0.15, -0.1) is 0 Å². The van der Waals surface area contributed by atoms with Gasteiger partial charge in [0.25, 0.3) is 0 Å². The van der Waals surface area contributed by atoms with Crippen LogP contribution in [0.1, 0.15) is 10.5 Å². The Morgan fingerprint density at radius 2 is 1.93 bits per heavy atom. The summed E-state index contributed by atoms with van der Waals surface area (Å²) in [6.45, 7) is 0. The van der Waals surface area contributed by atoms with E-state index in [9.17, 15) is 4.79 Å². The van der Waals surface area contributed by atoms with Gasteiger partial charge in [0.05, 0.1) is 11.7 Å². The zero-order valence-corrected chi connectivity index (χ0v) is 7.86. The Kier molecular flexibility index (Phi) is 2.24. The van der Waals surface area contributed by atoms with Gasteiger partial charge >= 0.3 is 5.97 Å². The number of nitrogens with zero attached hydrogens (tertiary/aromatic N) is 2. The van der Waals surface area contributed by atoms with Crippen LogP contribution in [0.3, 0.4) is 0 Å². The van der Waals surface area contributed by atoms with Crippen molar-refractivity contribution >= 4 is 17.7 Å². The summed E-state index contributed by atoms with van der Waals surface area (Å²) in [5.41, 5.74) is 1.22. The van der Waals surface area contributed by atoms with Gasteiger partial charge in [-0.1, -0.05) is 30.3 Å². The first kappa shape index (κ1) is 8.83. The highest BCUT2D eigenvalue weighted by Gasteiger charge is 2.15. The van der Waals surface area contributed by atoms with Gasteiger partial charge < -0.3 is 5.11 Å². The smallest absolute Gasteiger partial charge is 0.357 e. The van der Waals surface area contributed by atoms with Gasteiger partial charge in [0, 0.05) is 5.56 Å². The SMILES string of the molecule is O=C(O)c1nsnc1-c1ccccc1. The van der Waals surface area contributed by atoms with Crippen molar-refractivity contribution in [3.05, 3.63) is 36.0 Å². The van der Waals surface area contributed by atoms with Crippen molar-refractivity contribution in [1.29, 1.82) is 0 Å². The van der Waals surface area contributed by atoms with Crippen LogP contribution in [0, 0.1) is 0 Å². The highest BCUT2D eigenvalue weighted by Crippen LogP contribution is 2.20. The third kappa shape index (κ3) is 1.49. The summed E-state index contributed by atoms with van der Waals surface area (Å²) in [6, 6.07) is 9.15. The van der Waals surface area contributed by atoms with E-state index in [0.29, 0.717) is 5.69 Å². The molecule has 1 aromatic carbocycles. The minimum Gasteiger partial charge on any atom is -0.476 e. The highest BCUT2D eigenvalue weighted by atomic mass is 32.1. The van der Waals surface area contributed by atoms with Gasteiger partial charge in [-0.25, -0.2) is 4.79 Å². The quantitative estimate of drug-likeness (QED) is 0.815. The summed E-state index contributed by atoms with van der Waals surface area (Å²) in [6.07, 6.45) is 0. The number of aromatic carboxylic acids is 1. The topological polar surface area (TPSA) is 63.1 Å². The van der Waals surface area contributed by atoms with Crippen LogP contribution in [0.25, 0.3) is 11.3 Å². The maximum absolute atomic E-state index is 10.8. The lowest BCUT2D eigenvalue weighted by atomic mass is 10.1. The van der Waals surface area contributed by atoms with Gasteiger partial charge in [-0.3, -0.25) is 0 Å². The van der Waals surface area contributed by atoms with Gasteiger partial charge in [0.2, 0.25) is 0 Å². The Hall–Kier alpha value is -1.75. The average molecular weight is 206 g/mol. The van der Waals surface area contributed by atoms with Crippen molar-refractivity contribution in [2.24, 2.45) is 0 Å². The van der Waals surface area contributed by atoms with Crippen LogP contribution in [-0.4, -0.2) is 19.8 Å². The molecule has 4 nitrogen and oxygen atoms in total. The minimum absolute atomic E-state index is 0.0150. The monoisotopic (exact) mass is 206 g/mol. The lowest BCUT2D eigenvalue weighted by molar-refractivity contribution is 0.0692. The van der Waals surface area contributed by atoms with Crippen LogP contribution < -0.4 is 0 Å². The molecule has 5 heteroatoms. The molecular formula is C9H6N2O2S. The third-order valence-electron chi connectivity index (χ3n) is 1.74. The fourth-order valence-corrected chi connectivity index (χ4v) is 1.67. The van der Waals surface area contributed by atoms with E-state index in [1.165, 1.54) is 0 Å². The minimum atomic E-state index is -1.04. The lowest BCUT2D eigenvalue weighted by Gasteiger charge is -1.95. The number of carboxylic acids is 1. The van der Waals surface area contributed by atoms with Gasteiger partial charge in [-0.05, 0) is 0 Å². The molecule has 0 unspecified atom stereocenters. The highest BCUT2D eigenvalue weighted by molar-refractivity contribution is 6.99. The predicted molar refractivity (Wildman–Crippen MR) is 52.3 cm³/mol. The van der Waals surface area contributed by atoms with Crippen molar-refractivity contribution in [3.8, 4) is 11.3 Å². The lowest BCUT2D eigenvalue weighted by Crippen LogP contribution is -1.98. The molecule has 0 radical (unpaired) electrons. The van der Waals surface area contributed by atoms with E-state index < -0.39 is 5.97 Å². The molecule has 2 aromatic rings. The molecule has 0 aliphatic rings. The van der Waals surface area contributed by atoms with Crippen LogP contribution in [0.4, 0.5) is 0 Å². The number of hydrogen-bond donors (Lipinski definition) is 1. The van der Waals surface area contributed by atoms with E-state index in [2.05, 4.69) is 8.75 Å². The number of aromatic nitrogens is 2. The maximum Gasteiger partial charge on any atom is 0.357 e. The fourth-order valence-electron chi connectivity index (χ4n) is 1.11. The van der Waals surface area contributed by atoms with E-state index in [1.54, 1.807) is 0 Å². The first-order valence-corrected chi connectivity index (χ1v) is 4.63. The Morgan fingerprint density at radius 1 is 1.21 bits per heavy atom.